The van der Waals surface area contributed by atoms with Crippen molar-refractivity contribution in [2.24, 2.45) is 11.8 Å². The molecule has 0 aliphatic heterocycles. The lowest BCUT2D eigenvalue weighted by molar-refractivity contribution is -0.140. The van der Waals surface area contributed by atoms with Crippen LogP contribution in [0.25, 0.3) is 11.0 Å². The molecular weight excluding hydrogens is 292 g/mol. The Bertz CT molecular complexity index is 638. The van der Waals surface area contributed by atoms with Crippen LogP contribution in [0.5, 0.6) is 0 Å². The molecule has 0 saturated carbocycles. The Morgan fingerprint density at radius 3 is 2.57 bits per heavy atom. The molecule has 0 spiro atoms. The number of hydrogen-bond acceptors (Lipinski definition) is 3. The highest BCUT2D eigenvalue weighted by molar-refractivity contribution is 6.08. The van der Waals surface area contributed by atoms with Gasteiger partial charge in [-0.05, 0) is 24.5 Å². The highest BCUT2D eigenvalue weighted by atomic mass is 16.4. The molecule has 1 aromatic carbocycles. The third-order valence-corrected chi connectivity index (χ3v) is 4.40. The maximum absolute atomic E-state index is 12.6. The average Bonchev–Trinajstić information content (AvgIpc) is 2.98. The number of fused-ring (bicyclic) bond motifs is 1. The molecule has 0 saturated heterocycles. The minimum Gasteiger partial charge on any atom is -0.481 e. The second kappa shape index (κ2) is 7.95. The van der Waals surface area contributed by atoms with Gasteiger partial charge in [-0.1, -0.05) is 57.7 Å². The molecule has 2 unspecified atom stereocenters. The van der Waals surface area contributed by atoms with E-state index < -0.39 is 17.7 Å². The highest BCUT2D eigenvalue weighted by Crippen LogP contribution is 2.27. The van der Waals surface area contributed by atoms with Crippen molar-refractivity contribution in [1.82, 2.24) is 0 Å². The summed E-state index contributed by atoms with van der Waals surface area (Å²) in [5.41, 5.74) is 0.609. The summed E-state index contributed by atoms with van der Waals surface area (Å²) in [5.74, 6) is -2.13. The number of rotatable bonds is 9. The first-order chi connectivity index (χ1) is 11.1. The van der Waals surface area contributed by atoms with Crippen molar-refractivity contribution >= 4 is 22.7 Å². The fourth-order valence-corrected chi connectivity index (χ4v) is 2.91. The van der Waals surface area contributed by atoms with Crippen molar-refractivity contribution in [3.8, 4) is 0 Å². The van der Waals surface area contributed by atoms with Crippen LogP contribution in [-0.4, -0.2) is 16.9 Å². The Labute approximate surface area is 136 Å². The summed E-state index contributed by atoms with van der Waals surface area (Å²) >= 11 is 0. The van der Waals surface area contributed by atoms with Gasteiger partial charge in [0.15, 0.2) is 5.76 Å². The molecule has 2 rings (SSSR count). The van der Waals surface area contributed by atoms with Crippen molar-refractivity contribution in [3.05, 3.63) is 36.1 Å². The Kier molecular flexibility index (Phi) is 5.97. The lowest BCUT2D eigenvalue weighted by Gasteiger charge is -2.18. The zero-order valence-corrected chi connectivity index (χ0v) is 13.7. The van der Waals surface area contributed by atoms with Gasteiger partial charge in [0.05, 0.1) is 0 Å². The first-order valence-corrected chi connectivity index (χ1v) is 8.32. The Morgan fingerprint density at radius 1 is 1.22 bits per heavy atom. The van der Waals surface area contributed by atoms with Crippen LogP contribution in [-0.2, 0) is 4.79 Å². The Hall–Kier alpha value is -2.10. The average molecular weight is 316 g/mol. The molecule has 0 radical (unpaired) electrons. The lowest BCUT2D eigenvalue weighted by Crippen LogP contribution is -2.26. The predicted molar refractivity (Wildman–Crippen MR) is 89.6 cm³/mol. The van der Waals surface area contributed by atoms with Gasteiger partial charge in [-0.3, -0.25) is 9.59 Å². The number of carbonyl (C=O) groups excluding carboxylic acids is 1. The van der Waals surface area contributed by atoms with Crippen molar-refractivity contribution in [1.29, 1.82) is 0 Å². The van der Waals surface area contributed by atoms with E-state index in [1.165, 1.54) is 0 Å². The minimum atomic E-state index is -1.06. The van der Waals surface area contributed by atoms with Crippen LogP contribution in [0.2, 0.25) is 0 Å². The van der Waals surface area contributed by atoms with Crippen LogP contribution in [0, 0.1) is 11.8 Å². The third kappa shape index (κ3) is 4.21. The maximum atomic E-state index is 12.6. The molecule has 0 fully saturated rings. The zero-order chi connectivity index (χ0) is 16.8. The van der Waals surface area contributed by atoms with E-state index in [0.29, 0.717) is 12.0 Å². The van der Waals surface area contributed by atoms with Crippen LogP contribution >= 0.6 is 0 Å². The monoisotopic (exact) mass is 316 g/mol. The summed E-state index contributed by atoms with van der Waals surface area (Å²) in [6, 6.07) is 8.95. The van der Waals surface area contributed by atoms with Crippen molar-refractivity contribution in [2.75, 3.05) is 0 Å². The first-order valence-electron chi connectivity index (χ1n) is 8.32. The maximum Gasteiger partial charge on any atom is 0.314 e. The van der Waals surface area contributed by atoms with Crippen LogP contribution in [0.3, 0.4) is 0 Å². The number of carboxylic acid groups (broad SMARTS) is 1. The predicted octanol–water partition coefficient (Wildman–Crippen LogP) is 4.92. The number of benzene rings is 1. The number of aliphatic carboxylic acids is 1. The molecule has 1 N–H and O–H groups in total. The normalized spacial score (nSPS) is 13.8. The molecule has 4 nitrogen and oxygen atoms in total. The second-order valence-corrected chi connectivity index (χ2v) is 6.06. The summed E-state index contributed by atoms with van der Waals surface area (Å²) in [6.07, 6.45) is 4.36. The lowest BCUT2D eigenvalue weighted by atomic mass is 9.86. The second-order valence-electron chi connectivity index (χ2n) is 6.06. The Morgan fingerprint density at radius 2 is 1.96 bits per heavy atom. The SMILES string of the molecule is CCCCC(CC)CC(C(=O)O)C(=O)c1cc2ccccc2o1. The van der Waals surface area contributed by atoms with Crippen LogP contribution < -0.4 is 0 Å². The van der Waals surface area contributed by atoms with Crippen molar-refractivity contribution in [2.45, 2.75) is 46.0 Å². The third-order valence-electron chi connectivity index (χ3n) is 4.40. The van der Waals surface area contributed by atoms with Gasteiger partial charge in [0.1, 0.15) is 11.5 Å². The molecule has 4 heteroatoms. The number of para-hydroxylation sites is 1. The van der Waals surface area contributed by atoms with E-state index in [1.54, 1.807) is 12.1 Å². The van der Waals surface area contributed by atoms with Crippen molar-refractivity contribution < 1.29 is 19.1 Å². The smallest absolute Gasteiger partial charge is 0.314 e. The molecule has 124 valence electrons. The summed E-state index contributed by atoms with van der Waals surface area (Å²) in [6.45, 7) is 4.16. The van der Waals surface area contributed by atoms with Crippen LogP contribution in [0.15, 0.2) is 34.7 Å². The van der Waals surface area contributed by atoms with Gasteiger partial charge in [0, 0.05) is 5.39 Å². The fraction of sp³-hybridized carbons (Fsp3) is 0.474. The number of ketones is 1. The number of hydrogen-bond donors (Lipinski definition) is 1. The summed E-state index contributed by atoms with van der Waals surface area (Å²) in [5, 5.41) is 10.3. The molecule has 1 heterocycles. The topological polar surface area (TPSA) is 67.5 Å². The van der Waals surface area contributed by atoms with Gasteiger partial charge < -0.3 is 9.52 Å². The van der Waals surface area contributed by atoms with Gasteiger partial charge >= 0.3 is 5.97 Å². The Balaban J connectivity index is 2.18. The summed E-state index contributed by atoms with van der Waals surface area (Å²) in [4.78, 5) is 24.2. The summed E-state index contributed by atoms with van der Waals surface area (Å²) < 4.78 is 5.54. The van der Waals surface area contributed by atoms with E-state index in [-0.39, 0.29) is 11.7 Å². The molecule has 2 aromatic rings. The highest BCUT2D eigenvalue weighted by Gasteiger charge is 2.31. The standard InChI is InChI=1S/C19H24O4/c1-3-5-8-13(4-2)11-15(19(21)22)18(20)17-12-14-9-6-7-10-16(14)23-17/h6-7,9-10,12-13,15H,3-5,8,11H2,1-2H3,(H,21,22). The molecule has 2 atom stereocenters. The quantitative estimate of drug-likeness (QED) is 0.526. The largest absolute Gasteiger partial charge is 0.481 e. The number of carbonyl (C=O) groups is 2. The molecule has 1 aromatic heterocycles. The van der Waals surface area contributed by atoms with E-state index in [4.69, 9.17) is 4.42 Å². The van der Waals surface area contributed by atoms with E-state index in [1.807, 2.05) is 25.1 Å². The summed E-state index contributed by atoms with van der Waals surface area (Å²) in [7, 11) is 0. The number of Topliss-reactive ketones (excluding diaryl/α,β-unsaturated/α-hetero) is 1. The van der Waals surface area contributed by atoms with Gasteiger partial charge in [-0.15, -0.1) is 0 Å². The van der Waals surface area contributed by atoms with E-state index in [0.717, 1.165) is 31.1 Å². The minimum absolute atomic E-state index is 0.143. The molecule has 23 heavy (non-hydrogen) atoms. The number of unbranched alkanes of at least 4 members (excludes halogenated alkanes) is 1. The molecule has 0 aliphatic rings. The molecule has 0 bridgehead atoms. The first kappa shape index (κ1) is 17.3. The van der Waals surface area contributed by atoms with E-state index in [2.05, 4.69) is 6.92 Å². The van der Waals surface area contributed by atoms with Crippen LogP contribution in [0.4, 0.5) is 0 Å². The van der Waals surface area contributed by atoms with Crippen molar-refractivity contribution in [3.63, 3.8) is 0 Å². The fourth-order valence-electron chi connectivity index (χ4n) is 2.91. The van der Waals surface area contributed by atoms with Gasteiger partial charge in [0.2, 0.25) is 5.78 Å². The molecule has 0 aliphatic carbocycles. The van der Waals surface area contributed by atoms with E-state index >= 15 is 0 Å². The van der Waals surface area contributed by atoms with Gasteiger partial charge in [-0.2, -0.15) is 0 Å². The number of furan rings is 1. The van der Waals surface area contributed by atoms with Gasteiger partial charge in [-0.25, -0.2) is 0 Å². The van der Waals surface area contributed by atoms with E-state index in [9.17, 15) is 14.7 Å². The molecular formula is C19H24O4. The van der Waals surface area contributed by atoms with Gasteiger partial charge in [0.25, 0.3) is 0 Å². The molecule has 0 amide bonds. The van der Waals surface area contributed by atoms with Crippen LogP contribution in [0.1, 0.15) is 56.5 Å². The number of carboxylic acids is 1. The zero-order valence-electron chi connectivity index (χ0n) is 13.7.